The predicted octanol–water partition coefficient (Wildman–Crippen LogP) is 5.14. The highest BCUT2D eigenvalue weighted by Crippen LogP contribution is 2.14. The third kappa shape index (κ3) is 5.54. The number of unbranched alkanes of at least 4 members (excludes halogenated alkanes) is 1. The van der Waals surface area contributed by atoms with Crippen molar-refractivity contribution in [3.8, 4) is 0 Å². The van der Waals surface area contributed by atoms with E-state index in [4.69, 9.17) is 0 Å². The van der Waals surface area contributed by atoms with Crippen molar-refractivity contribution in [3.63, 3.8) is 0 Å². The predicted molar refractivity (Wildman–Crippen MR) is 105 cm³/mol. The van der Waals surface area contributed by atoms with Crippen LogP contribution in [0.5, 0.6) is 0 Å². The zero-order valence-corrected chi connectivity index (χ0v) is 14.5. The minimum absolute atomic E-state index is 1.06. The number of nitrogens with one attached hydrogen (secondary N) is 1. The van der Waals surface area contributed by atoms with Gasteiger partial charge in [-0.3, -0.25) is 0 Å². The molecule has 1 heterocycles. The van der Waals surface area contributed by atoms with Crippen LogP contribution in [0.3, 0.4) is 0 Å². The summed E-state index contributed by atoms with van der Waals surface area (Å²) in [5.74, 6) is 0. The van der Waals surface area contributed by atoms with E-state index in [0.29, 0.717) is 0 Å². The lowest BCUT2D eigenvalue weighted by Gasteiger charge is -2.14. The lowest BCUT2D eigenvalue weighted by Crippen LogP contribution is -2.20. The number of anilines is 1. The summed E-state index contributed by atoms with van der Waals surface area (Å²) in [7, 11) is 0. The molecule has 24 heavy (non-hydrogen) atoms. The largest absolute Gasteiger partial charge is 0.385 e. The van der Waals surface area contributed by atoms with Gasteiger partial charge in [-0.2, -0.15) is 0 Å². The van der Waals surface area contributed by atoms with E-state index in [1.165, 1.54) is 62.1 Å². The van der Waals surface area contributed by atoms with Crippen molar-refractivity contribution < 1.29 is 0 Å². The van der Waals surface area contributed by atoms with E-state index in [1.807, 2.05) is 6.07 Å². The first-order valence-corrected chi connectivity index (χ1v) is 9.19. The first-order valence-electron chi connectivity index (χ1n) is 9.19. The summed E-state index contributed by atoms with van der Waals surface area (Å²) in [6.07, 6.45) is 9.65. The van der Waals surface area contributed by atoms with Crippen LogP contribution >= 0.6 is 0 Å². The summed E-state index contributed by atoms with van der Waals surface area (Å²) in [6, 6.07) is 19.1. The van der Waals surface area contributed by atoms with Gasteiger partial charge in [-0.1, -0.05) is 54.6 Å². The van der Waals surface area contributed by atoms with E-state index in [9.17, 15) is 0 Å². The quantitative estimate of drug-likeness (QED) is 0.535. The van der Waals surface area contributed by atoms with Crippen LogP contribution in [0.2, 0.25) is 0 Å². The molecular formula is C22H28N2. The standard InChI is InChI=1S/C22H28N2/c1-2-9-20(10-3-1)13-14-21-11-8-12-22(19-21)23-15-4-5-16-24-17-6-7-18-24/h1-3,8-14,19,23H,4-7,15-18H2. The van der Waals surface area contributed by atoms with Gasteiger partial charge >= 0.3 is 0 Å². The fourth-order valence-corrected chi connectivity index (χ4v) is 3.21. The van der Waals surface area contributed by atoms with Gasteiger partial charge in [-0.15, -0.1) is 0 Å². The second-order valence-corrected chi connectivity index (χ2v) is 6.55. The molecule has 1 fully saturated rings. The second kappa shape index (κ2) is 9.29. The maximum absolute atomic E-state index is 3.56. The smallest absolute Gasteiger partial charge is 0.0346 e. The van der Waals surface area contributed by atoms with Crippen LogP contribution in [-0.4, -0.2) is 31.1 Å². The first-order chi connectivity index (χ1) is 11.9. The highest BCUT2D eigenvalue weighted by atomic mass is 15.1. The zero-order chi connectivity index (χ0) is 16.5. The van der Waals surface area contributed by atoms with Crippen molar-refractivity contribution in [2.45, 2.75) is 25.7 Å². The molecule has 2 nitrogen and oxygen atoms in total. The van der Waals surface area contributed by atoms with Crippen LogP contribution in [0.15, 0.2) is 54.6 Å². The fourth-order valence-electron chi connectivity index (χ4n) is 3.21. The number of nitrogens with zero attached hydrogens (tertiary/aromatic N) is 1. The van der Waals surface area contributed by atoms with Gasteiger partial charge in [0.1, 0.15) is 0 Å². The second-order valence-electron chi connectivity index (χ2n) is 6.55. The van der Waals surface area contributed by atoms with Crippen molar-refractivity contribution in [1.29, 1.82) is 0 Å². The van der Waals surface area contributed by atoms with Crippen molar-refractivity contribution in [1.82, 2.24) is 4.90 Å². The Morgan fingerprint density at radius 1 is 0.833 bits per heavy atom. The number of hydrogen-bond acceptors (Lipinski definition) is 2. The molecule has 3 rings (SSSR count). The van der Waals surface area contributed by atoms with Crippen LogP contribution in [0, 0.1) is 0 Å². The maximum Gasteiger partial charge on any atom is 0.0346 e. The molecule has 2 aromatic rings. The van der Waals surface area contributed by atoms with Crippen LogP contribution < -0.4 is 5.32 Å². The third-order valence-corrected chi connectivity index (χ3v) is 4.58. The van der Waals surface area contributed by atoms with Crippen LogP contribution in [0.4, 0.5) is 5.69 Å². The van der Waals surface area contributed by atoms with E-state index in [1.54, 1.807) is 0 Å². The normalized spacial score (nSPS) is 15.2. The number of rotatable bonds is 8. The Morgan fingerprint density at radius 2 is 1.58 bits per heavy atom. The van der Waals surface area contributed by atoms with Crippen molar-refractivity contribution in [3.05, 3.63) is 65.7 Å². The lowest BCUT2D eigenvalue weighted by molar-refractivity contribution is 0.331. The summed E-state index contributed by atoms with van der Waals surface area (Å²) in [6.45, 7) is 4.94. The molecule has 0 saturated carbocycles. The number of hydrogen-bond donors (Lipinski definition) is 1. The van der Waals surface area contributed by atoms with Gasteiger partial charge < -0.3 is 10.2 Å². The van der Waals surface area contributed by atoms with Crippen LogP contribution in [-0.2, 0) is 0 Å². The molecule has 1 N–H and O–H groups in total. The third-order valence-electron chi connectivity index (χ3n) is 4.58. The molecule has 1 aliphatic heterocycles. The summed E-state index contributed by atoms with van der Waals surface area (Å²) in [5.41, 5.74) is 3.69. The van der Waals surface area contributed by atoms with E-state index >= 15 is 0 Å². The SMILES string of the molecule is C(=Cc1cccc(NCCCCN2CCCC2)c1)c1ccccc1. The van der Waals surface area contributed by atoms with Gasteiger partial charge in [0.05, 0.1) is 0 Å². The van der Waals surface area contributed by atoms with Gasteiger partial charge in [0, 0.05) is 12.2 Å². The Balaban J connectivity index is 1.42. The fraction of sp³-hybridized carbons (Fsp3) is 0.364. The van der Waals surface area contributed by atoms with Crippen molar-refractivity contribution >= 4 is 17.8 Å². The molecule has 0 atom stereocenters. The average molecular weight is 320 g/mol. The molecule has 0 aliphatic carbocycles. The molecule has 0 spiro atoms. The molecule has 0 aromatic heterocycles. The van der Waals surface area contributed by atoms with E-state index in [2.05, 4.69) is 70.9 Å². The topological polar surface area (TPSA) is 15.3 Å². The van der Waals surface area contributed by atoms with E-state index in [-0.39, 0.29) is 0 Å². The lowest BCUT2D eigenvalue weighted by atomic mass is 10.1. The Bertz CT molecular complexity index is 627. The summed E-state index contributed by atoms with van der Waals surface area (Å²) >= 11 is 0. The first kappa shape index (κ1) is 16.8. The molecule has 1 saturated heterocycles. The summed E-state index contributed by atoms with van der Waals surface area (Å²) < 4.78 is 0. The molecule has 0 bridgehead atoms. The Morgan fingerprint density at radius 3 is 2.42 bits per heavy atom. The summed E-state index contributed by atoms with van der Waals surface area (Å²) in [5, 5.41) is 3.56. The number of benzene rings is 2. The number of likely N-dealkylation sites (tertiary alicyclic amines) is 1. The summed E-state index contributed by atoms with van der Waals surface area (Å²) in [4.78, 5) is 2.59. The monoisotopic (exact) mass is 320 g/mol. The minimum atomic E-state index is 1.06. The van der Waals surface area contributed by atoms with Crippen LogP contribution in [0.1, 0.15) is 36.8 Å². The van der Waals surface area contributed by atoms with Crippen molar-refractivity contribution in [2.24, 2.45) is 0 Å². The van der Waals surface area contributed by atoms with Crippen LogP contribution in [0.25, 0.3) is 12.2 Å². The highest BCUT2D eigenvalue weighted by Gasteiger charge is 2.09. The minimum Gasteiger partial charge on any atom is -0.385 e. The Labute approximate surface area is 146 Å². The Hall–Kier alpha value is -2.06. The molecule has 2 heteroatoms. The van der Waals surface area contributed by atoms with Gasteiger partial charge in [-0.25, -0.2) is 0 Å². The molecule has 2 aromatic carbocycles. The molecule has 126 valence electrons. The van der Waals surface area contributed by atoms with Crippen molar-refractivity contribution in [2.75, 3.05) is 31.5 Å². The van der Waals surface area contributed by atoms with Gasteiger partial charge in [0.15, 0.2) is 0 Å². The average Bonchev–Trinajstić information content (AvgIpc) is 3.14. The molecule has 0 unspecified atom stereocenters. The highest BCUT2D eigenvalue weighted by molar-refractivity contribution is 5.71. The Kier molecular flexibility index (Phi) is 6.50. The maximum atomic E-state index is 3.56. The molecular weight excluding hydrogens is 292 g/mol. The van der Waals surface area contributed by atoms with Gasteiger partial charge in [-0.05, 0) is 68.6 Å². The zero-order valence-electron chi connectivity index (χ0n) is 14.5. The van der Waals surface area contributed by atoms with Gasteiger partial charge in [0.2, 0.25) is 0 Å². The molecule has 1 aliphatic rings. The molecule has 0 amide bonds. The van der Waals surface area contributed by atoms with E-state index < -0.39 is 0 Å². The molecule has 0 radical (unpaired) electrons. The van der Waals surface area contributed by atoms with E-state index in [0.717, 1.165) is 6.54 Å². The van der Waals surface area contributed by atoms with Gasteiger partial charge in [0.25, 0.3) is 0 Å².